The highest BCUT2D eigenvalue weighted by Gasteiger charge is 2.24. The van der Waals surface area contributed by atoms with E-state index in [1.54, 1.807) is 0 Å². The van der Waals surface area contributed by atoms with Gasteiger partial charge in [-0.15, -0.1) is 0 Å². The molecule has 2 heterocycles. The number of benzene rings is 4. The number of carboxylic acid groups (broad SMARTS) is 1. The Morgan fingerprint density at radius 3 is 1.71 bits per heavy atom. The molecule has 6 rings (SSSR count). The molecule has 0 aliphatic rings. The zero-order valence-corrected chi connectivity index (χ0v) is 22.9. The smallest absolute Gasteiger partial charge is 0.326 e. The first-order valence-electron chi connectivity index (χ1n) is 13.6. The molecule has 204 valence electrons. The van der Waals surface area contributed by atoms with Crippen LogP contribution in [0.3, 0.4) is 0 Å². The molecule has 6 aromatic rings. The van der Waals surface area contributed by atoms with Gasteiger partial charge in [-0.3, -0.25) is 14.8 Å². The molecule has 0 aliphatic heterocycles. The Labute approximate surface area is 237 Å². The van der Waals surface area contributed by atoms with E-state index in [1.165, 1.54) is 0 Å². The first kappa shape index (κ1) is 26.3. The molecule has 0 saturated carbocycles. The lowest BCUT2D eigenvalue weighted by Gasteiger charge is -2.19. The molecule has 41 heavy (non-hydrogen) atoms. The number of carbonyl (C=O) groups excluding carboxylic acids is 1. The summed E-state index contributed by atoms with van der Waals surface area (Å²) in [6, 6.07) is 25.8. The van der Waals surface area contributed by atoms with Crippen LogP contribution in [0.1, 0.15) is 22.5 Å². The number of para-hydroxylation sites is 2. The summed E-state index contributed by atoms with van der Waals surface area (Å²) in [6.45, 7) is 3.91. The zero-order chi connectivity index (χ0) is 28.7. The van der Waals surface area contributed by atoms with E-state index >= 15 is 0 Å². The average Bonchev–Trinajstić information content (AvgIpc) is 2.97. The third kappa shape index (κ3) is 5.08. The van der Waals surface area contributed by atoms with Gasteiger partial charge in [0, 0.05) is 39.4 Å². The zero-order valence-electron chi connectivity index (χ0n) is 22.9. The van der Waals surface area contributed by atoms with Gasteiger partial charge in [-0.2, -0.15) is 0 Å². The quantitative estimate of drug-likeness (QED) is 0.233. The molecule has 0 fully saturated rings. The lowest BCUT2D eigenvalue weighted by atomic mass is 9.97. The van der Waals surface area contributed by atoms with Crippen LogP contribution >= 0.6 is 0 Å². The minimum Gasteiger partial charge on any atom is -0.480 e. The molecule has 7 heteroatoms. The van der Waals surface area contributed by atoms with E-state index in [9.17, 15) is 14.7 Å². The molecule has 2 aromatic heterocycles. The molecule has 0 saturated heterocycles. The number of nitrogens with one attached hydrogen (secondary N) is 1. The highest BCUT2D eigenvalue weighted by molar-refractivity contribution is 6.07. The molecule has 1 amide bonds. The second kappa shape index (κ2) is 10.6. The number of rotatable bonds is 7. The number of aromatic nitrogens is 2. The summed E-state index contributed by atoms with van der Waals surface area (Å²) in [6.07, 6.45) is 0.401. The molecule has 0 bridgehead atoms. The number of aliphatic carboxylic acids is 1. The van der Waals surface area contributed by atoms with Gasteiger partial charge < -0.3 is 16.2 Å². The number of carboxylic acids is 1. The highest BCUT2D eigenvalue weighted by atomic mass is 16.4. The Morgan fingerprint density at radius 1 is 0.707 bits per heavy atom. The monoisotopic (exact) mass is 542 g/mol. The fraction of sp³-hybridized carbons (Fsp3) is 0.176. The van der Waals surface area contributed by atoms with Crippen LogP contribution in [-0.2, 0) is 22.4 Å². The van der Waals surface area contributed by atoms with E-state index < -0.39 is 24.0 Å². The topological polar surface area (TPSA) is 118 Å². The van der Waals surface area contributed by atoms with Crippen molar-refractivity contribution >= 4 is 55.2 Å². The minimum atomic E-state index is -1.12. The predicted octanol–water partition coefficient (Wildman–Crippen LogP) is 5.39. The number of hydrogen-bond donors (Lipinski definition) is 3. The Hall–Kier alpha value is -4.88. The summed E-state index contributed by atoms with van der Waals surface area (Å²) in [5.74, 6) is -1.62. The third-order valence-electron chi connectivity index (χ3n) is 7.76. The number of nitrogens with zero attached hydrogens (tertiary/aromatic N) is 2. The van der Waals surface area contributed by atoms with Crippen LogP contribution in [0.4, 0.5) is 0 Å². The van der Waals surface area contributed by atoms with Crippen LogP contribution in [-0.4, -0.2) is 39.0 Å². The first-order chi connectivity index (χ1) is 19.8. The van der Waals surface area contributed by atoms with Crippen molar-refractivity contribution in [3.05, 3.63) is 107 Å². The van der Waals surface area contributed by atoms with Gasteiger partial charge in [-0.25, -0.2) is 4.79 Å². The Morgan fingerprint density at radius 2 is 1.20 bits per heavy atom. The Balaban J connectivity index is 1.20. The van der Waals surface area contributed by atoms with Crippen molar-refractivity contribution < 1.29 is 14.7 Å². The number of pyridine rings is 2. The van der Waals surface area contributed by atoms with Crippen LogP contribution in [0.25, 0.3) is 43.4 Å². The number of hydrogen-bond acceptors (Lipinski definition) is 5. The number of fused-ring (bicyclic) bond motifs is 6. The highest BCUT2D eigenvalue weighted by Crippen LogP contribution is 2.28. The lowest BCUT2D eigenvalue weighted by Crippen LogP contribution is -2.50. The summed E-state index contributed by atoms with van der Waals surface area (Å²) in [4.78, 5) is 34.6. The van der Waals surface area contributed by atoms with Crippen LogP contribution in [0, 0.1) is 13.8 Å². The van der Waals surface area contributed by atoms with E-state index in [1.807, 2.05) is 98.8 Å². The fourth-order valence-electron chi connectivity index (χ4n) is 5.65. The summed E-state index contributed by atoms with van der Waals surface area (Å²) >= 11 is 0. The standard InChI is InChI=1S/C34H30N4O3/c1-19-27-15-21(11-13-23(27)25-7-3-5-9-30(25)36-19)17-29(35)33(39)38-32(34(40)41)18-22-12-14-24-26-8-4-6-10-31(26)37-20(2)28(24)16-22/h3-16,29,32H,17-18,35H2,1-2H3,(H,38,39)(H,40,41)/t29-,32-/m0/s1. The maximum absolute atomic E-state index is 13.0. The van der Waals surface area contributed by atoms with E-state index in [0.29, 0.717) is 0 Å². The predicted molar refractivity (Wildman–Crippen MR) is 163 cm³/mol. The molecule has 0 spiro atoms. The largest absolute Gasteiger partial charge is 0.480 e. The molecule has 0 radical (unpaired) electrons. The van der Waals surface area contributed by atoms with Crippen molar-refractivity contribution in [2.45, 2.75) is 38.8 Å². The molecular weight excluding hydrogens is 512 g/mol. The molecule has 7 nitrogen and oxygen atoms in total. The van der Waals surface area contributed by atoms with Crippen molar-refractivity contribution in [3.8, 4) is 0 Å². The third-order valence-corrected chi connectivity index (χ3v) is 7.76. The normalized spacial score (nSPS) is 13.0. The van der Waals surface area contributed by atoms with Crippen LogP contribution < -0.4 is 11.1 Å². The maximum Gasteiger partial charge on any atom is 0.326 e. The molecule has 4 N–H and O–H groups in total. The number of aryl methyl sites for hydroxylation is 2. The lowest BCUT2D eigenvalue weighted by molar-refractivity contribution is -0.141. The van der Waals surface area contributed by atoms with E-state index in [2.05, 4.69) is 5.32 Å². The summed E-state index contributed by atoms with van der Waals surface area (Å²) in [5.41, 5.74) is 11.6. The molecule has 0 aliphatic carbocycles. The second-order valence-electron chi connectivity index (χ2n) is 10.6. The summed E-state index contributed by atoms with van der Waals surface area (Å²) in [7, 11) is 0. The number of carbonyl (C=O) groups is 2. The van der Waals surface area contributed by atoms with Crippen LogP contribution in [0.15, 0.2) is 84.9 Å². The maximum atomic E-state index is 13.0. The van der Waals surface area contributed by atoms with Gasteiger partial charge in [0.15, 0.2) is 0 Å². The van der Waals surface area contributed by atoms with Crippen molar-refractivity contribution in [1.29, 1.82) is 0 Å². The van der Waals surface area contributed by atoms with Gasteiger partial charge in [0.25, 0.3) is 0 Å². The van der Waals surface area contributed by atoms with Crippen LogP contribution in [0.5, 0.6) is 0 Å². The van der Waals surface area contributed by atoms with E-state index in [0.717, 1.165) is 65.9 Å². The Bertz CT molecular complexity index is 1990. The minimum absolute atomic E-state index is 0.129. The molecule has 2 atom stereocenters. The van der Waals surface area contributed by atoms with Gasteiger partial charge in [0.2, 0.25) is 5.91 Å². The molecule has 4 aromatic carbocycles. The number of nitrogens with two attached hydrogens (primary N) is 1. The van der Waals surface area contributed by atoms with Gasteiger partial charge in [0.1, 0.15) is 6.04 Å². The summed E-state index contributed by atoms with van der Waals surface area (Å²) < 4.78 is 0. The average molecular weight is 543 g/mol. The van der Waals surface area contributed by atoms with E-state index in [4.69, 9.17) is 15.7 Å². The summed E-state index contributed by atoms with van der Waals surface area (Å²) in [5, 5.41) is 18.8. The van der Waals surface area contributed by atoms with Crippen LogP contribution in [0.2, 0.25) is 0 Å². The first-order valence-corrected chi connectivity index (χ1v) is 13.6. The van der Waals surface area contributed by atoms with Crippen molar-refractivity contribution in [3.63, 3.8) is 0 Å². The van der Waals surface area contributed by atoms with Gasteiger partial charge in [0.05, 0.1) is 17.1 Å². The van der Waals surface area contributed by atoms with Gasteiger partial charge >= 0.3 is 5.97 Å². The molecular formula is C34H30N4O3. The second-order valence-corrected chi connectivity index (χ2v) is 10.6. The van der Waals surface area contributed by atoms with Gasteiger partial charge in [-0.05, 0) is 66.4 Å². The van der Waals surface area contributed by atoms with Crippen molar-refractivity contribution in [2.75, 3.05) is 0 Å². The SMILES string of the molecule is Cc1nc2ccccc2c2ccc(C[C@H](NC(=O)[C@@H](N)Cc3ccc4c(c3)c(C)nc3ccccc34)C(=O)O)cc12. The van der Waals surface area contributed by atoms with E-state index in [-0.39, 0.29) is 12.8 Å². The Kier molecular flexibility index (Phi) is 6.81. The molecule has 0 unspecified atom stereocenters. The van der Waals surface area contributed by atoms with Gasteiger partial charge in [-0.1, -0.05) is 60.7 Å². The van der Waals surface area contributed by atoms with Crippen molar-refractivity contribution in [1.82, 2.24) is 15.3 Å². The number of amides is 1. The fourth-order valence-corrected chi connectivity index (χ4v) is 5.65. The van der Waals surface area contributed by atoms with Crippen molar-refractivity contribution in [2.24, 2.45) is 5.73 Å².